The van der Waals surface area contributed by atoms with Crippen LogP contribution in [0.15, 0.2) is 52.9 Å². The van der Waals surface area contributed by atoms with Crippen LogP contribution >= 0.6 is 0 Å². The lowest BCUT2D eigenvalue weighted by molar-refractivity contribution is -0.120. The van der Waals surface area contributed by atoms with Crippen molar-refractivity contribution in [3.05, 3.63) is 65.4 Å². The molecule has 0 aliphatic carbocycles. The zero-order chi connectivity index (χ0) is 17.8. The number of furan rings is 1. The number of alkyl halides is 2. The Morgan fingerprint density at radius 2 is 2.00 bits per heavy atom. The van der Waals surface area contributed by atoms with Crippen molar-refractivity contribution in [3.8, 4) is 5.75 Å². The third kappa shape index (κ3) is 4.15. The predicted octanol–water partition coefficient (Wildman–Crippen LogP) is 4.20. The summed E-state index contributed by atoms with van der Waals surface area (Å²) in [5, 5.41) is 3.81. The van der Waals surface area contributed by atoms with E-state index in [1.54, 1.807) is 12.1 Å². The fraction of sp³-hybridized carbons (Fsp3) is 0.211. The van der Waals surface area contributed by atoms with Gasteiger partial charge in [-0.15, -0.1) is 0 Å². The van der Waals surface area contributed by atoms with Gasteiger partial charge in [-0.25, -0.2) is 0 Å². The first-order chi connectivity index (χ1) is 12.0. The van der Waals surface area contributed by atoms with Crippen molar-refractivity contribution in [3.63, 3.8) is 0 Å². The van der Waals surface area contributed by atoms with Crippen LogP contribution in [0.3, 0.4) is 0 Å². The number of fused-ring (bicyclic) bond motifs is 1. The Morgan fingerprint density at radius 3 is 2.76 bits per heavy atom. The second kappa shape index (κ2) is 7.34. The molecule has 6 heteroatoms. The lowest BCUT2D eigenvalue weighted by Crippen LogP contribution is -2.24. The monoisotopic (exact) mass is 345 g/mol. The topological polar surface area (TPSA) is 51.5 Å². The highest BCUT2D eigenvalue weighted by atomic mass is 19.3. The Morgan fingerprint density at radius 1 is 1.20 bits per heavy atom. The number of nitrogens with one attached hydrogen (secondary N) is 1. The molecule has 0 aliphatic rings. The Labute approximate surface area is 143 Å². The Bertz CT molecular complexity index is 889. The summed E-state index contributed by atoms with van der Waals surface area (Å²) in [4.78, 5) is 12.1. The minimum Gasteiger partial charge on any atom is -0.459 e. The number of hydrogen-bond donors (Lipinski definition) is 1. The van der Waals surface area contributed by atoms with E-state index in [-0.39, 0.29) is 24.6 Å². The van der Waals surface area contributed by atoms with E-state index in [1.807, 2.05) is 31.2 Å². The molecule has 0 aliphatic heterocycles. The van der Waals surface area contributed by atoms with Gasteiger partial charge in [-0.1, -0.05) is 30.3 Å². The average molecular weight is 345 g/mol. The Balaban J connectivity index is 1.62. The minimum absolute atomic E-state index is 0.0356. The van der Waals surface area contributed by atoms with Gasteiger partial charge in [-0.05, 0) is 30.7 Å². The molecule has 0 saturated carbocycles. The van der Waals surface area contributed by atoms with Crippen molar-refractivity contribution in [2.45, 2.75) is 26.5 Å². The summed E-state index contributed by atoms with van der Waals surface area (Å²) >= 11 is 0. The molecule has 0 spiro atoms. The number of para-hydroxylation sites is 1. The van der Waals surface area contributed by atoms with Gasteiger partial charge < -0.3 is 14.5 Å². The molecule has 4 nitrogen and oxygen atoms in total. The molecule has 2 aromatic carbocycles. The van der Waals surface area contributed by atoms with Crippen LogP contribution < -0.4 is 10.1 Å². The van der Waals surface area contributed by atoms with Gasteiger partial charge in [-0.3, -0.25) is 4.79 Å². The van der Waals surface area contributed by atoms with Crippen LogP contribution in [0, 0.1) is 6.92 Å². The van der Waals surface area contributed by atoms with Crippen molar-refractivity contribution in [1.29, 1.82) is 0 Å². The van der Waals surface area contributed by atoms with Crippen LogP contribution in [-0.2, 0) is 17.8 Å². The molecule has 0 fully saturated rings. The molecule has 1 N–H and O–H groups in total. The summed E-state index contributed by atoms with van der Waals surface area (Å²) in [5.74, 6) is 0.506. The van der Waals surface area contributed by atoms with Gasteiger partial charge in [0.25, 0.3) is 0 Å². The normalized spacial score (nSPS) is 11.0. The Kier molecular flexibility index (Phi) is 4.97. The molecular weight excluding hydrogens is 328 g/mol. The summed E-state index contributed by atoms with van der Waals surface area (Å²) in [7, 11) is 0. The molecule has 3 rings (SSSR count). The summed E-state index contributed by atoms with van der Waals surface area (Å²) < 4.78 is 34.6. The van der Waals surface area contributed by atoms with E-state index in [0.29, 0.717) is 11.3 Å². The standard InChI is InChI=1S/C19H17F2NO3/c1-12-15-7-2-3-8-16(15)25-17(12)11-22-18(23)10-13-5-4-6-14(9-13)24-19(20)21/h2-9,19H,10-11H2,1H3,(H,22,23). The van der Waals surface area contributed by atoms with Crippen molar-refractivity contribution < 1.29 is 22.7 Å². The highest BCUT2D eigenvalue weighted by Gasteiger charge is 2.12. The fourth-order valence-electron chi connectivity index (χ4n) is 2.65. The van der Waals surface area contributed by atoms with Gasteiger partial charge in [0.05, 0.1) is 13.0 Å². The number of amides is 1. The molecule has 25 heavy (non-hydrogen) atoms. The molecular formula is C19H17F2NO3. The van der Waals surface area contributed by atoms with Gasteiger partial charge in [0.1, 0.15) is 17.1 Å². The number of rotatable bonds is 6. The number of ether oxygens (including phenoxy) is 1. The van der Waals surface area contributed by atoms with Crippen LogP contribution in [-0.4, -0.2) is 12.5 Å². The molecule has 0 saturated heterocycles. The number of carbonyl (C=O) groups is 1. The largest absolute Gasteiger partial charge is 0.459 e. The smallest absolute Gasteiger partial charge is 0.387 e. The van der Waals surface area contributed by atoms with Crippen LogP contribution in [0.25, 0.3) is 11.0 Å². The van der Waals surface area contributed by atoms with Gasteiger partial charge >= 0.3 is 6.61 Å². The lowest BCUT2D eigenvalue weighted by atomic mass is 10.1. The summed E-state index contributed by atoms with van der Waals surface area (Å²) in [6.07, 6.45) is 0.0692. The second-order valence-electron chi connectivity index (χ2n) is 5.63. The average Bonchev–Trinajstić information content (AvgIpc) is 2.89. The van der Waals surface area contributed by atoms with E-state index in [9.17, 15) is 13.6 Å². The van der Waals surface area contributed by atoms with Crippen molar-refractivity contribution in [1.82, 2.24) is 5.32 Å². The lowest BCUT2D eigenvalue weighted by Gasteiger charge is -2.07. The summed E-state index contributed by atoms with van der Waals surface area (Å²) in [5.41, 5.74) is 2.36. The van der Waals surface area contributed by atoms with Crippen LogP contribution in [0.2, 0.25) is 0 Å². The van der Waals surface area contributed by atoms with E-state index in [0.717, 1.165) is 16.5 Å². The molecule has 130 valence electrons. The molecule has 1 aromatic heterocycles. The third-order valence-electron chi connectivity index (χ3n) is 3.88. The number of halogens is 2. The van der Waals surface area contributed by atoms with E-state index in [4.69, 9.17) is 4.42 Å². The highest BCUT2D eigenvalue weighted by Crippen LogP contribution is 2.24. The fourth-order valence-corrected chi connectivity index (χ4v) is 2.65. The van der Waals surface area contributed by atoms with Gasteiger partial charge in [0.15, 0.2) is 0 Å². The van der Waals surface area contributed by atoms with E-state index in [2.05, 4.69) is 10.1 Å². The highest BCUT2D eigenvalue weighted by molar-refractivity contribution is 5.82. The number of carbonyl (C=O) groups excluding carboxylic acids is 1. The maximum absolute atomic E-state index is 12.2. The van der Waals surface area contributed by atoms with Gasteiger partial charge in [0, 0.05) is 10.9 Å². The third-order valence-corrected chi connectivity index (χ3v) is 3.88. The first-order valence-electron chi connectivity index (χ1n) is 7.80. The summed E-state index contributed by atoms with van der Waals surface area (Å²) in [6.45, 7) is -0.675. The molecule has 0 radical (unpaired) electrons. The zero-order valence-corrected chi connectivity index (χ0v) is 13.6. The molecule has 1 heterocycles. The number of benzene rings is 2. The summed E-state index contributed by atoms with van der Waals surface area (Å²) in [6, 6.07) is 13.8. The van der Waals surface area contributed by atoms with Crippen LogP contribution in [0.5, 0.6) is 5.75 Å². The van der Waals surface area contributed by atoms with E-state index in [1.165, 1.54) is 12.1 Å². The quantitative estimate of drug-likeness (QED) is 0.728. The maximum atomic E-state index is 12.2. The number of hydrogen-bond acceptors (Lipinski definition) is 3. The van der Waals surface area contributed by atoms with Crippen molar-refractivity contribution in [2.24, 2.45) is 0 Å². The molecule has 0 unspecified atom stereocenters. The number of aryl methyl sites for hydroxylation is 1. The SMILES string of the molecule is Cc1c(CNC(=O)Cc2cccc(OC(F)F)c2)oc2ccccc12. The zero-order valence-electron chi connectivity index (χ0n) is 13.6. The molecule has 3 aromatic rings. The van der Waals surface area contributed by atoms with E-state index < -0.39 is 6.61 Å². The molecule has 0 bridgehead atoms. The van der Waals surface area contributed by atoms with Crippen LogP contribution in [0.1, 0.15) is 16.9 Å². The second-order valence-corrected chi connectivity index (χ2v) is 5.63. The first-order valence-corrected chi connectivity index (χ1v) is 7.80. The van der Waals surface area contributed by atoms with Crippen molar-refractivity contribution >= 4 is 16.9 Å². The minimum atomic E-state index is -2.89. The predicted molar refractivity (Wildman–Crippen MR) is 89.6 cm³/mol. The molecule has 0 atom stereocenters. The van der Waals surface area contributed by atoms with E-state index >= 15 is 0 Å². The van der Waals surface area contributed by atoms with Crippen molar-refractivity contribution in [2.75, 3.05) is 0 Å². The first kappa shape index (κ1) is 17.0. The van der Waals surface area contributed by atoms with Gasteiger partial charge in [0.2, 0.25) is 5.91 Å². The van der Waals surface area contributed by atoms with Crippen LogP contribution in [0.4, 0.5) is 8.78 Å². The Hall–Kier alpha value is -2.89. The van der Waals surface area contributed by atoms with Gasteiger partial charge in [-0.2, -0.15) is 8.78 Å². The maximum Gasteiger partial charge on any atom is 0.387 e. The molecule has 1 amide bonds.